The zero-order chi connectivity index (χ0) is 14.7. The van der Waals surface area contributed by atoms with E-state index in [0.717, 1.165) is 42.3 Å². The van der Waals surface area contributed by atoms with Crippen LogP contribution >= 0.6 is 11.6 Å². The molecule has 0 fully saturated rings. The van der Waals surface area contributed by atoms with Crippen molar-refractivity contribution in [2.24, 2.45) is 5.73 Å². The third-order valence-corrected chi connectivity index (χ3v) is 3.91. The summed E-state index contributed by atoms with van der Waals surface area (Å²) < 4.78 is 4.20. The van der Waals surface area contributed by atoms with Crippen LogP contribution in [0.3, 0.4) is 0 Å². The molecule has 0 saturated carbocycles. The number of aromatic nitrogens is 3. The van der Waals surface area contributed by atoms with Crippen LogP contribution < -0.4 is 5.73 Å². The van der Waals surface area contributed by atoms with Crippen molar-refractivity contribution in [3.63, 3.8) is 0 Å². The summed E-state index contributed by atoms with van der Waals surface area (Å²) in [6.07, 6.45) is 3.80. The molecular formula is C15H23ClN4. The maximum absolute atomic E-state index is 6.46. The summed E-state index contributed by atoms with van der Waals surface area (Å²) in [6.45, 7) is 7.77. The Bertz CT molecular complexity index is 568. The van der Waals surface area contributed by atoms with Gasteiger partial charge in [0.25, 0.3) is 0 Å². The second-order valence-electron chi connectivity index (χ2n) is 5.19. The fourth-order valence-corrected chi connectivity index (χ4v) is 2.78. The highest BCUT2D eigenvalue weighted by Crippen LogP contribution is 2.23. The topological polar surface area (TPSA) is 48.8 Å². The lowest BCUT2D eigenvalue weighted by Crippen LogP contribution is -2.20. The summed E-state index contributed by atoms with van der Waals surface area (Å²) >= 11 is 6.46. The number of halogens is 1. The molecule has 0 amide bonds. The van der Waals surface area contributed by atoms with Crippen LogP contribution in [-0.2, 0) is 25.9 Å². The smallest absolute Gasteiger partial charge is 0.0868 e. The molecule has 2 heterocycles. The third-order valence-electron chi connectivity index (χ3n) is 3.47. The van der Waals surface area contributed by atoms with Gasteiger partial charge in [-0.05, 0) is 32.4 Å². The zero-order valence-electron chi connectivity index (χ0n) is 12.4. The predicted molar refractivity (Wildman–Crippen MR) is 83.2 cm³/mol. The Morgan fingerprint density at radius 3 is 2.75 bits per heavy atom. The van der Waals surface area contributed by atoms with E-state index in [0.29, 0.717) is 0 Å². The van der Waals surface area contributed by atoms with Crippen molar-refractivity contribution in [2.45, 2.75) is 52.7 Å². The molecule has 2 N–H and O–H groups in total. The fourth-order valence-electron chi connectivity index (χ4n) is 2.45. The van der Waals surface area contributed by atoms with Gasteiger partial charge in [-0.2, -0.15) is 5.10 Å². The Morgan fingerprint density at radius 2 is 2.15 bits per heavy atom. The van der Waals surface area contributed by atoms with Crippen LogP contribution in [0.15, 0.2) is 18.3 Å². The highest BCUT2D eigenvalue weighted by atomic mass is 35.5. The van der Waals surface area contributed by atoms with Gasteiger partial charge in [0.1, 0.15) is 0 Å². The molecule has 0 bridgehead atoms. The third kappa shape index (κ3) is 3.07. The highest BCUT2D eigenvalue weighted by molar-refractivity contribution is 6.31. The van der Waals surface area contributed by atoms with Crippen LogP contribution in [0.2, 0.25) is 5.02 Å². The summed E-state index contributed by atoms with van der Waals surface area (Å²) in [5.74, 6) is 0. The first-order valence-electron chi connectivity index (χ1n) is 7.20. The van der Waals surface area contributed by atoms with Gasteiger partial charge in [0, 0.05) is 30.9 Å². The molecule has 2 rings (SSSR count). The van der Waals surface area contributed by atoms with Gasteiger partial charge in [-0.25, -0.2) is 0 Å². The molecule has 110 valence electrons. The molecule has 0 aromatic carbocycles. The minimum atomic E-state index is 0.154. The number of rotatable bonds is 6. The van der Waals surface area contributed by atoms with Crippen molar-refractivity contribution in [3.05, 3.63) is 40.4 Å². The molecule has 0 aliphatic heterocycles. The maximum Gasteiger partial charge on any atom is 0.0868 e. The Labute approximate surface area is 125 Å². The van der Waals surface area contributed by atoms with Crippen molar-refractivity contribution in [3.8, 4) is 0 Å². The van der Waals surface area contributed by atoms with Gasteiger partial charge in [0.2, 0.25) is 0 Å². The van der Waals surface area contributed by atoms with E-state index in [1.54, 1.807) is 0 Å². The van der Waals surface area contributed by atoms with Crippen molar-refractivity contribution < 1.29 is 0 Å². The van der Waals surface area contributed by atoms with E-state index in [-0.39, 0.29) is 6.04 Å². The second kappa shape index (κ2) is 6.46. The van der Waals surface area contributed by atoms with Gasteiger partial charge in [0.15, 0.2) is 0 Å². The first-order valence-corrected chi connectivity index (χ1v) is 7.58. The molecule has 0 radical (unpaired) electrons. The van der Waals surface area contributed by atoms with Gasteiger partial charge < -0.3 is 10.3 Å². The summed E-state index contributed by atoms with van der Waals surface area (Å²) in [4.78, 5) is 0. The van der Waals surface area contributed by atoms with Crippen LogP contribution in [0.5, 0.6) is 0 Å². The Morgan fingerprint density at radius 1 is 1.40 bits per heavy atom. The molecule has 2 aromatic heterocycles. The van der Waals surface area contributed by atoms with Crippen LogP contribution in [0.4, 0.5) is 0 Å². The van der Waals surface area contributed by atoms with E-state index in [4.69, 9.17) is 17.3 Å². The first kappa shape index (κ1) is 15.1. The normalized spacial score (nSPS) is 12.8. The van der Waals surface area contributed by atoms with Gasteiger partial charge >= 0.3 is 0 Å². The molecule has 0 aliphatic rings. The SMILES string of the molecule is CCc1nn(CC)c(Cn2cccc2CC(C)N)c1Cl. The number of nitrogens with zero attached hydrogens (tertiary/aromatic N) is 3. The fraction of sp³-hybridized carbons (Fsp3) is 0.533. The molecule has 1 atom stereocenters. The highest BCUT2D eigenvalue weighted by Gasteiger charge is 2.15. The van der Waals surface area contributed by atoms with Crippen molar-refractivity contribution in [1.82, 2.24) is 14.3 Å². The quantitative estimate of drug-likeness (QED) is 0.890. The average Bonchev–Trinajstić information content (AvgIpc) is 2.96. The van der Waals surface area contributed by atoms with E-state index < -0.39 is 0 Å². The van der Waals surface area contributed by atoms with Crippen molar-refractivity contribution >= 4 is 11.6 Å². The molecule has 0 spiro atoms. The van der Waals surface area contributed by atoms with E-state index in [1.165, 1.54) is 5.69 Å². The van der Waals surface area contributed by atoms with E-state index in [9.17, 15) is 0 Å². The first-order chi connectivity index (χ1) is 9.56. The number of nitrogens with two attached hydrogens (primary N) is 1. The Kier molecular flexibility index (Phi) is 4.89. The van der Waals surface area contributed by atoms with Crippen molar-refractivity contribution in [1.29, 1.82) is 0 Å². The zero-order valence-corrected chi connectivity index (χ0v) is 13.2. The summed E-state index contributed by atoms with van der Waals surface area (Å²) in [7, 11) is 0. The lowest BCUT2D eigenvalue weighted by Gasteiger charge is -2.12. The van der Waals surface area contributed by atoms with Gasteiger partial charge in [-0.3, -0.25) is 4.68 Å². The number of hydrogen-bond acceptors (Lipinski definition) is 2. The van der Waals surface area contributed by atoms with E-state index in [2.05, 4.69) is 41.8 Å². The minimum absolute atomic E-state index is 0.154. The van der Waals surface area contributed by atoms with Crippen molar-refractivity contribution in [2.75, 3.05) is 0 Å². The molecule has 2 aromatic rings. The lowest BCUT2D eigenvalue weighted by atomic mass is 10.2. The van der Waals surface area contributed by atoms with Crippen LogP contribution in [-0.4, -0.2) is 20.4 Å². The van der Waals surface area contributed by atoms with Crippen LogP contribution in [0.1, 0.15) is 37.9 Å². The van der Waals surface area contributed by atoms with Crippen LogP contribution in [0, 0.1) is 0 Å². The molecular weight excluding hydrogens is 272 g/mol. The summed E-state index contributed by atoms with van der Waals surface area (Å²) in [5.41, 5.74) is 9.19. The Hall–Kier alpha value is -1.26. The molecule has 0 aliphatic carbocycles. The summed E-state index contributed by atoms with van der Waals surface area (Å²) in [5, 5.41) is 5.37. The van der Waals surface area contributed by atoms with E-state index in [1.807, 2.05) is 11.6 Å². The van der Waals surface area contributed by atoms with Gasteiger partial charge in [-0.1, -0.05) is 18.5 Å². The number of aryl methyl sites for hydroxylation is 2. The van der Waals surface area contributed by atoms with Gasteiger partial charge in [-0.15, -0.1) is 0 Å². The lowest BCUT2D eigenvalue weighted by molar-refractivity contribution is 0.583. The molecule has 4 nitrogen and oxygen atoms in total. The minimum Gasteiger partial charge on any atom is -0.345 e. The number of hydrogen-bond donors (Lipinski definition) is 1. The van der Waals surface area contributed by atoms with E-state index >= 15 is 0 Å². The van der Waals surface area contributed by atoms with Gasteiger partial charge in [0.05, 0.1) is 23.0 Å². The molecule has 20 heavy (non-hydrogen) atoms. The predicted octanol–water partition coefficient (Wildman–Crippen LogP) is 2.86. The summed E-state index contributed by atoms with van der Waals surface area (Å²) in [6, 6.07) is 4.32. The monoisotopic (exact) mass is 294 g/mol. The molecule has 1 unspecified atom stereocenters. The molecule has 0 saturated heterocycles. The standard InChI is InChI=1S/C15H23ClN4/c1-4-13-15(16)14(20(5-2)18-13)10-19-8-6-7-12(19)9-11(3)17/h6-8,11H,4-5,9-10,17H2,1-3H3. The van der Waals surface area contributed by atoms with Crippen LogP contribution in [0.25, 0.3) is 0 Å². The molecule has 5 heteroatoms. The Balaban J connectivity index is 2.30. The average molecular weight is 295 g/mol. The maximum atomic E-state index is 6.46. The largest absolute Gasteiger partial charge is 0.345 e. The second-order valence-corrected chi connectivity index (χ2v) is 5.56.